The molecule has 1 saturated carbocycles. The Balaban J connectivity index is 1.42. The maximum absolute atomic E-state index is 12.8. The van der Waals surface area contributed by atoms with Crippen LogP contribution in [0.4, 0.5) is 0 Å². The van der Waals surface area contributed by atoms with Crippen LogP contribution in [0.2, 0.25) is 0 Å². The summed E-state index contributed by atoms with van der Waals surface area (Å²) in [6.45, 7) is 0.250. The Kier molecular flexibility index (Phi) is 7.01. The number of hydrogen-bond acceptors (Lipinski definition) is 6. The minimum Gasteiger partial charge on any atom is -0.491 e. The Bertz CT molecular complexity index is 967. The van der Waals surface area contributed by atoms with E-state index in [4.69, 9.17) is 9.57 Å². The van der Waals surface area contributed by atoms with E-state index in [0.717, 1.165) is 5.56 Å². The third-order valence-corrected chi connectivity index (χ3v) is 7.24. The number of ether oxygens (including phenoxy) is 1. The van der Waals surface area contributed by atoms with E-state index in [9.17, 15) is 14.4 Å². The summed E-state index contributed by atoms with van der Waals surface area (Å²) in [6.07, 6.45) is 0.796. The summed E-state index contributed by atoms with van der Waals surface area (Å²) in [5.41, 5.74) is 1.40. The van der Waals surface area contributed by atoms with E-state index in [1.165, 1.54) is 0 Å². The van der Waals surface area contributed by atoms with Crippen LogP contribution in [0.15, 0.2) is 54.6 Å². The Morgan fingerprint density at radius 1 is 1.06 bits per heavy atom. The number of alkyl halides is 1. The molecule has 0 aromatic heterocycles. The average molecular weight is 551 g/mol. The van der Waals surface area contributed by atoms with Gasteiger partial charge in [0.1, 0.15) is 24.4 Å². The first-order chi connectivity index (χ1) is 15.0. The number of nitrogens with zero attached hydrogens (tertiary/aromatic N) is 1. The lowest BCUT2D eigenvalue weighted by molar-refractivity contribution is -0.133. The molecule has 1 saturated heterocycles. The highest BCUT2D eigenvalue weighted by molar-refractivity contribution is 9.09. The van der Waals surface area contributed by atoms with Gasteiger partial charge in [-0.25, -0.2) is 0 Å². The van der Waals surface area contributed by atoms with Crippen LogP contribution in [0.3, 0.4) is 0 Å². The van der Waals surface area contributed by atoms with Crippen molar-refractivity contribution in [2.24, 2.45) is 5.92 Å². The molecule has 2 fully saturated rings. The van der Waals surface area contributed by atoms with Gasteiger partial charge in [0.15, 0.2) is 17.3 Å². The van der Waals surface area contributed by atoms with Crippen LogP contribution in [0.5, 0.6) is 5.75 Å². The van der Waals surface area contributed by atoms with Crippen molar-refractivity contribution in [1.29, 1.82) is 0 Å². The molecular formula is C23H21Br2NO5. The predicted octanol–water partition coefficient (Wildman–Crippen LogP) is 4.62. The van der Waals surface area contributed by atoms with Crippen molar-refractivity contribution in [2.75, 3.05) is 6.61 Å². The van der Waals surface area contributed by atoms with E-state index in [-0.39, 0.29) is 48.0 Å². The number of Topliss-reactive ketones (excluding diaryl/α,β-unsaturated/α-hetero) is 3. The third-order valence-electron chi connectivity index (χ3n) is 5.54. The summed E-state index contributed by atoms with van der Waals surface area (Å²) in [5.74, 6) is -1.74. The van der Waals surface area contributed by atoms with Gasteiger partial charge in [-0.3, -0.25) is 19.2 Å². The standard InChI is InChI=1S/C23H21Br2NO5/c24-21-19(31-26(25)22(21)14-6-2-1-3-7-14)13-30-16-9-4-8-15(12-16)23(29)20-17(27)10-5-11-18(20)28/h1-4,6-9,12,19-22H,5,10-11,13H2. The molecule has 3 unspecified atom stereocenters. The van der Waals surface area contributed by atoms with Crippen molar-refractivity contribution < 1.29 is 24.0 Å². The summed E-state index contributed by atoms with van der Waals surface area (Å²) < 4.78 is 7.54. The number of ketones is 3. The second kappa shape index (κ2) is 9.73. The quantitative estimate of drug-likeness (QED) is 0.226. The Morgan fingerprint density at radius 3 is 2.48 bits per heavy atom. The van der Waals surface area contributed by atoms with E-state index in [0.29, 0.717) is 17.7 Å². The fourth-order valence-corrected chi connectivity index (χ4v) is 5.72. The summed E-state index contributed by atoms with van der Waals surface area (Å²) in [6, 6.07) is 16.5. The fraction of sp³-hybridized carbons (Fsp3) is 0.348. The molecule has 8 heteroatoms. The van der Waals surface area contributed by atoms with Crippen LogP contribution in [-0.2, 0) is 14.4 Å². The smallest absolute Gasteiger partial charge is 0.180 e. The fourth-order valence-electron chi connectivity index (χ4n) is 3.92. The highest BCUT2D eigenvalue weighted by atomic mass is 79.9. The Morgan fingerprint density at radius 2 is 1.77 bits per heavy atom. The lowest BCUT2D eigenvalue weighted by Crippen LogP contribution is -2.35. The topological polar surface area (TPSA) is 72.9 Å². The van der Waals surface area contributed by atoms with Gasteiger partial charge in [-0.1, -0.05) is 58.4 Å². The van der Waals surface area contributed by atoms with E-state index < -0.39 is 11.7 Å². The summed E-state index contributed by atoms with van der Waals surface area (Å²) >= 11 is 7.17. The molecule has 4 rings (SSSR count). The molecule has 1 heterocycles. The van der Waals surface area contributed by atoms with Gasteiger partial charge in [0, 0.05) is 34.6 Å². The zero-order valence-electron chi connectivity index (χ0n) is 16.6. The number of hydrogen-bond donors (Lipinski definition) is 0. The molecule has 2 aromatic rings. The SMILES string of the molecule is O=C1CCCC(=O)C1C(=O)c1cccc(OCC2ON(Br)C(c3ccccc3)C2Br)c1. The highest BCUT2D eigenvalue weighted by Gasteiger charge is 2.42. The molecule has 0 spiro atoms. The summed E-state index contributed by atoms with van der Waals surface area (Å²) in [7, 11) is 0. The molecule has 0 bridgehead atoms. The highest BCUT2D eigenvalue weighted by Crippen LogP contribution is 2.41. The lowest BCUT2D eigenvalue weighted by atomic mass is 9.81. The number of hydroxylamine groups is 1. The van der Waals surface area contributed by atoms with Gasteiger partial charge in [-0.05, 0) is 24.1 Å². The molecule has 0 N–H and O–H groups in total. The maximum atomic E-state index is 12.8. The van der Waals surface area contributed by atoms with E-state index >= 15 is 0 Å². The van der Waals surface area contributed by atoms with Gasteiger partial charge >= 0.3 is 0 Å². The second-order valence-electron chi connectivity index (χ2n) is 7.64. The zero-order valence-corrected chi connectivity index (χ0v) is 19.8. The largest absolute Gasteiger partial charge is 0.491 e. The van der Waals surface area contributed by atoms with Crippen LogP contribution in [0.1, 0.15) is 41.2 Å². The molecule has 162 valence electrons. The van der Waals surface area contributed by atoms with Crippen molar-refractivity contribution in [3.63, 3.8) is 0 Å². The van der Waals surface area contributed by atoms with Gasteiger partial charge in [-0.2, -0.15) is 0 Å². The van der Waals surface area contributed by atoms with Gasteiger partial charge in [0.05, 0.1) is 10.9 Å². The normalized spacial score (nSPS) is 25.0. The van der Waals surface area contributed by atoms with E-state index in [1.807, 2.05) is 30.3 Å². The first-order valence-electron chi connectivity index (χ1n) is 10.1. The third kappa shape index (κ3) is 4.82. The van der Waals surface area contributed by atoms with Crippen molar-refractivity contribution in [1.82, 2.24) is 4.09 Å². The Hall–Kier alpha value is -1.87. The second-order valence-corrected chi connectivity index (χ2v) is 9.39. The van der Waals surface area contributed by atoms with E-state index in [1.54, 1.807) is 28.4 Å². The van der Waals surface area contributed by atoms with Crippen molar-refractivity contribution >= 4 is 49.4 Å². The average Bonchev–Trinajstić information content (AvgIpc) is 3.06. The zero-order chi connectivity index (χ0) is 22.0. The van der Waals surface area contributed by atoms with Crippen molar-refractivity contribution in [3.05, 3.63) is 65.7 Å². The number of benzene rings is 2. The molecule has 2 aromatic carbocycles. The van der Waals surface area contributed by atoms with Crippen LogP contribution < -0.4 is 4.74 Å². The van der Waals surface area contributed by atoms with Crippen LogP contribution >= 0.6 is 32.1 Å². The molecule has 31 heavy (non-hydrogen) atoms. The molecule has 3 atom stereocenters. The molecule has 1 aliphatic carbocycles. The van der Waals surface area contributed by atoms with Crippen LogP contribution in [-0.4, -0.2) is 39.0 Å². The lowest BCUT2D eigenvalue weighted by Gasteiger charge is -2.19. The minimum absolute atomic E-state index is 0.0310. The monoisotopic (exact) mass is 549 g/mol. The van der Waals surface area contributed by atoms with Crippen LogP contribution in [0.25, 0.3) is 0 Å². The van der Waals surface area contributed by atoms with E-state index in [2.05, 4.69) is 32.1 Å². The van der Waals surface area contributed by atoms with Gasteiger partial charge in [-0.15, -0.1) is 4.09 Å². The number of carbonyl (C=O) groups excluding carboxylic acids is 3. The molecule has 2 aliphatic rings. The molecule has 0 amide bonds. The summed E-state index contributed by atoms with van der Waals surface area (Å²) in [5, 5.41) is 0. The minimum atomic E-state index is -1.18. The van der Waals surface area contributed by atoms with Crippen LogP contribution in [0, 0.1) is 5.92 Å². The number of rotatable bonds is 6. The number of carbonyl (C=O) groups is 3. The number of halogens is 2. The van der Waals surface area contributed by atoms with Crippen molar-refractivity contribution in [3.8, 4) is 5.75 Å². The van der Waals surface area contributed by atoms with Gasteiger partial charge in [0.25, 0.3) is 0 Å². The molecule has 6 nitrogen and oxygen atoms in total. The predicted molar refractivity (Wildman–Crippen MR) is 121 cm³/mol. The first kappa shape index (κ1) is 22.3. The summed E-state index contributed by atoms with van der Waals surface area (Å²) in [4.78, 5) is 42.9. The first-order valence-corrected chi connectivity index (χ1v) is 11.7. The maximum Gasteiger partial charge on any atom is 0.180 e. The van der Waals surface area contributed by atoms with Gasteiger partial charge < -0.3 is 4.74 Å². The molecule has 0 radical (unpaired) electrons. The van der Waals surface area contributed by atoms with Gasteiger partial charge in [0.2, 0.25) is 0 Å². The molecule has 1 aliphatic heterocycles. The van der Waals surface area contributed by atoms with Crippen molar-refractivity contribution in [2.45, 2.75) is 36.2 Å². The Labute approximate surface area is 197 Å². The molecular weight excluding hydrogens is 530 g/mol.